The zero-order valence-electron chi connectivity index (χ0n) is 12.9. The van der Waals surface area contributed by atoms with Crippen molar-refractivity contribution in [2.24, 2.45) is 0 Å². The Morgan fingerprint density at radius 1 is 1.28 bits per heavy atom. The van der Waals surface area contributed by atoms with Crippen LogP contribution in [0.25, 0.3) is 11.5 Å². The summed E-state index contributed by atoms with van der Waals surface area (Å²) in [6.07, 6.45) is 1.53. The highest BCUT2D eigenvalue weighted by Crippen LogP contribution is 2.27. The summed E-state index contributed by atoms with van der Waals surface area (Å²) in [5.74, 6) is -0.371. The fourth-order valence-electron chi connectivity index (χ4n) is 1.88. The third-order valence-corrected chi connectivity index (χ3v) is 4.40. The van der Waals surface area contributed by atoms with Gasteiger partial charge in [-0.15, -0.1) is 10.2 Å². The summed E-state index contributed by atoms with van der Waals surface area (Å²) >= 11 is 7.02. The van der Waals surface area contributed by atoms with Crippen molar-refractivity contribution in [1.82, 2.24) is 15.2 Å². The number of nitrogens with zero attached hydrogens (tertiary/aromatic N) is 3. The lowest BCUT2D eigenvalue weighted by Gasteiger charge is -2.10. The van der Waals surface area contributed by atoms with E-state index in [2.05, 4.69) is 20.5 Å². The van der Waals surface area contributed by atoms with Crippen LogP contribution in [-0.4, -0.2) is 26.3 Å². The fourth-order valence-corrected chi connectivity index (χ4v) is 2.73. The molecule has 2 aromatic heterocycles. The number of amides is 1. The molecule has 3 aromatic rings. The number of pyridine rings is 1. The molecule has 0 saturated heterocycles. The maximum Gasteiger partial charge on any atom is 0.277 e. The molecule has 0 bridgehead atoms. The van der Waals surface area contributed by atoms with Gasteiger partial charge in [0.2, 0.25) is 11.8 Å². The van der Waals surface area contributed by atoms with Gasteiger partial charge in [0, 0.05) is 11.8 Å². The van der Waals surface area contributed by atoms with Gasteiger partial charge >= 0.3 is 0 Å². The molecule has 6 nitrogen and oxygen atoms in total. The van der Waals surface area contributed by atoms with Gasteiger partial charge in [0.25, 0.3) is 5.22 Å². The standard InChI is InChI=1S/C16H12ClFN4O2S/c1-9(14(23)20-12-3-2-8-19-13(12)17)25-16-22-21-15(24-16)10-4-6-11(18)7-5-10/h2-9H,1H3,(H,20,23)/t9-/m0/s1. The molecule has 25 heavy (non-hydrogen) atoms. The average Bonchev–Trinajstić information content (AvgIpc) is 3.06. The normalized spacial score (nSPS) is 12.0. The maximum atomic E-state index is 12.9. The number of rotatable bonds is 5. The number of benzene rings is 1. The second kappa shape index (κ2) is 7.62. The SMILES string of the molecule is C[C@H](Sc1nnc(-c2ccc(F)cc2)o1)C(=O)Nc1cccnc1Cl. The summed E-state index contributed by atoms with van der Waals surface area (Å²) in [5.41, 5.74) is 1.03. The van der Waals surface area contributed by atoms with Crippen molar-refractivity contribution in [3.8, 4) is 11.5 Å². The summed E-state index contributed by atoms with van der Waals surface area (Å²) in [4.78, 5) is 16.1. The minimum Gasteiger partial charge on any atom is -0.411 e. The van der Waals surface area contributed by atoms with Crippen molar-refractivity contribution in [2.75, 3.05) is 5.32 Å². The molecule has 128 valence electrons. The van der Waals surface area contributed by atoms with Crippen LogP contribution in [0.5, 0.6) is 0 Å². The molecule has 0 spiro atoms. The van der Waals surface area contributed by atoms with Gasteiger partial charge in [0.05, 0.1) is 10.9 Å². The second-order valence-electron chi connectivity index (χ2n) is 4.97. The molecule has 0 aliphatic carbocycles. The largest absolute Gasteiger partial charge is 0.411 e. The lowest BCUT2D eigenvalue weighted by Crippen LogP contribution is -2.22. The predicted octanol–water partition coefficient (Wildman–Crippen LogP) is 4.04. The number of hydrogen-bond acceptors (Lipinski definition) is 6. The number of carbonyl (C=O) groups excluding carboxylic acids is 1. The minimum atomic E-state index is -0.502. The Hall–Kier alpha value is -2.45. The first-order valence-electron chi connectivity index (χ1n) is 7.20. The van der Waals surface area contributed by atoms with E-state index < -0.39 is 5.25 Å². The Morgan fingerprint density at radius 3 is 2.76 bits per heavy atom. The van der Waals surface area contributed by atoms with E-state index in [1.165, 1.54) is 30.5 Å². The Balaban J connectivity index is 1.65. The molecule has 0 aliphatic rings. The van der Waals surface area contributed by atoms with Crippen molar-refractivity contribution in [1.29, 1.82) is 0 Å². The molecule has 2 heterocycles. The zero-order chi connectivity index (χ0) is 17.8. The first-order valence-corrected chi connectivity index (χ1v) is 8.46. The summed E-state index contributed by atoms with van der Waals surface area (Å²) in [7, 11) is 0. The van der Waals surface area contributed by atoms with Gasteiger partial charge in [0.1, 0.15) is 5.82 Å². The van der Waals surface area contributed by atoms with E-state index in [0.29, 0.717) is 11.3 Å². The van der Waals surface area contributed by atoms with Gasteiger partial charge in [-0.25, -0.2) is 9.37 Å². The summed E-state index contributed by atoms with van der Waals surface area (Å²) in [5, 5.41) is 10.4. The topological polar surface area (TPSA) is 80.9 Å². The molecule has 1 N–H and O–H groups in total. The van der Waals surface area contributed by atoms with Crippen LogP contribution >= 0.6 is 23.4 Å². The van der Waals surface area contributed by atoms with Gasteiger partial charge in [-0.2, -0.15) is 0 Å². The maximum absolute atomic E-state index is 12.9. The number of anilines is 1. The number of hydrogen-bond donors (Lipinski definition) is 1. The molecule has 9 heteroatoms. The highest BCUT2D eigenvalue weighted by Gasteiger charge is 2.19. The van der Waals surface area contributed by atoms with E-state index in [1.54, 1.807) is 19.1 Å². The monoisotopic (exact) mass is 378 g/mol. The molecular formula is C16H12ClFN4O2S. The summed E-state index contributed by atoms with van der Waals surface area (Å²) in [6, 6.07) is 9.02. The highest BCUT2D eigenvalue weighted by molar-refractivity contribution is 8.00. The molecule has 0 unspecified atom stereocenters. The quantitative estimate of drug-likeness (QED) is 0.533. The lowest BCUT2D eigenvalue weighted by atomic mass is 10.2. The molecular weight excluding hydrogens is 367 g/mol. The number of halogens is 2. The van der Waals surface area contributed by atoms with E-state index in [-0.39, 0.29) is 28.0 Å². The first-order chi connectivity index (χ1) is 12.0. The summed E-state index contributed by atoms with van der Waals surface area (Å²) in [6.45, 7) is 1.70. The Labute approximate surface area is 151 Å². The van der Waals surface area contributed by atoms with Crippen molar-refractivity contribution < 1.29 is 13.6 Å². The molecule has 0 saturated carbocycles. The van der Waals surface area contributed by atoms with Crippen LogP contribution in [0, 0.1) is 5.82 Å². The van der Waals surface area contributed by atoms with E-state index in [4.69, 9.17) is 16.0 Å². The molecule has 3 rings (SSSR count). The van der Waals surface area contributed by atoms with Crippen LogP contribution in [-0.2, 0) is 4.79 Å². The molecule has 1 aromatic carbocycles. The molecule has 1 atom stereocenters. The van der Waals surface area contributed by atoms with Gasteiger partial charge < -0.3 is 9.73 Å². The lowest BCUT2D eigenvalue weighted by molar-refractivity contribution is -0.115. The van der Waals surface area contributed by atoms with Crippen molar-refractivity contribution >= 4 is 35.0 Å². The molecule has 0 radical (unpaired) electrons. The van der Waals surface area contributed by atoms with E-state index in [1.807, 2.05) is 0 Å². The van der Waals surface area contributed by atoms with E-state index >= 15 is 0 Å². The van der Waals surface area contributed by atoms with Crippen LogP contribution in [0.15, 0.2) is 52.2 Å². The van der Waals surface area contributed by atoms with Crippen LogP contribution in [0.4, 0.5) is 10.1 Å². The van der Waals surface area contributed by atoms with Gasteiger partial charge in [-0.1, -0.05) is 23.4 Å². The molecule has 1 amide bonds. The van der Waals surface area contributed by atoms with Crippen LogP contribution in [0.3, 0.4) is 0 Å². The third-order valence-electron chi connectivity index (χ3n) is 3.16. The summed E-state index contributed by atoms with van der Waals surface area (Å²) < 4.78 is 18.5. The number of carbonyl (C=O) groups is 1. The van der Waals surface area contributed by atoms with Crippen LogP contribution in [0.2, 0.25) is 5.15 Å². The fraction of sp³-hybridized carbons (Fsp3) is 0.125. The molecule has 0 aliphatic heterocycles. The van der Waals surface area contributed by atoms with E-state index in [9.17, 15) is 9.18 Å². The number of nitrogens with one attached hydrogen (secondary N) is 1. The van der Waals surface area contributed by atoms with Crippen molar-refractivity contribution in [3.63, 3.8) is 0 Å². The minimum absolute atomic E-state index is 0.212. The van der Waals surface area contributed by atoms with Gasteiger partial charge in [-0.3, -0.25) is 4.79 Å². The van der Waals surface area contributed by atoms with Crippen LogP contribution < -0.4 is 5.32 Å². The van der Waals surface area contributed by atoms with Gasteiger partial charge in [-0.05, 0) is 43.3 Å². The van der Waals surface area contributed by atoms with E-state index in [0.717, 1.165) is 11.8 Å². The van der Waals surface area contributed by atoms with Crippen LogP contribution in [0.1, 0.15) is 6.92 Å². The van der Waals surface area contributed by atoms with Crippen molar-refractivity contribution in [3.05, 3.63) is 53.6 Å². The smallest absolute Gasteiger partial charge is 0.277 e. The van der Waals surface area contributed by atoms with Crippen molar-refractivity contribution in [2.45, 2.75) is 17.4 Å². The first kappa shape index (κ1) is 17.4. The molecule has 0 fully saturated rings. The zero-order valence-corrected chi connectivity index (χ0v) is 14.5. The Morgan fingerprint density at radius 2 is 2.04 bits per heavy atom. The predicted molar refractivity (Wildman–Crippen MR) is 92.9 cm³/mol. The third kappa shape index (κ3) is 4.34. The Bertz CT molecular complexity index is 888. The highest BCUT2D eigenvalue weighted by atomic mass is 35.5. The Kier molecular flexibility index (Phi) is 5.30. The second-order valence-corrected chi connectivity index (χ2v) is 6.62. The number of thioether (sulfide) groups is 1. The average molecular weight is 379 g/mol. The van der Waals surface area contributed by atoms with Gasteiger partial charge in [0.15, 0.2) is 5.15 Å². The number of aromatic nitrogens is 3.